The van der Waals surface area contributed by atoms with Crippen LogP contribution in [0.4, 0.5) is 3.89 Å². The van der Waals surface area contributed by atoms with Crippen LogP contribution in [-0.4, -0.2) is 31.5 Å². The molecular formula is C37H32FNO8S. The molecule has 0 N–H and O–H groups in total. The molecule has 6 aromatic rings. The molecule has 1 aromatic heterocycles. The van der Waals surface area contributed by atoms with Gasteiger partial charge >= 0.3 is 11.9 Å². The van der Waals surface area contributed by atoms with Crippen molar-refractivity contribution in [3.05, 3.63) is 125 Å². The Bertz CT molecular complexity index is 2260. The van der Waals surface area contributed by atoms with Crippen molar-refractivity contribution in [3.63, 3.8) is 0 Å². The molecule has 5 aromatic carbocycles. The Morgan fingerprint density at radius 2 is 1.38 bits per heavy atom. The van der Waals surface area contributed by atoms with Gasteiger partial charge in [0.15, 0.2) is 0 Å². The molecule has 0 atom stereocenters. The van der Waals surface area contributed by atoms with E-state index in [1.807, 2.05) is 101 Å². The number of aryl methyl sites for hydroxylation is 3. The van der Waals surface area contributed by atoms with Crippen molar-refractivity contribution in [1.82, 2.24) is 0 Å². The first kappa shape index (κ1) is 34.0. The number of pyridine rings is 1. The van der Waals surface area contributed by atoms with Gasteiger partial charge in [-0.25, -0.2) is 18.0 Å². The number of fused-ring (bicyclic) bond motifs is 3. The van der Waals surface area contributed by atoms with E-state index in [4.69, 9.17) is 27.2 Å². The summed E-state index contributed by atoms with van der Waals surface area (Å²) in [5.41, 5.74) is 4.87. The molecule has 0 saturated heterocycles. The van der Waals surface area contributed by atoms with E-state index in [0.29, 0.717) is 34.6 Å². The van der Waals surface area contributed by atoms with Gasteiger partial charge in [0.1, 0.15) is 25.2 Å². The molecule has 11 heteroatoms. The van der Waals surface area contributed by atoms with E-state index in [1.54, 1.807) is 12.1 Å². The third-order valence-corrected chi connectivity index (χ3v) is 7.71. The van der Waals surface area contributed by atoms with Gasteiger partial charge in [-0.2, -0.15) is 4.57 Å². The second-order valence-electron chi connectivity index (χ2n) is 11.0. The van der Waals surface area contributed by atoms with Crippen LogP contribution >= 0.6 is 0 Å². The van der Waals surface area contributed by atoms with Crippen molar-refractivity contribution in [2.75, 3.05) is 6.61 Å². The second kappa shape index (κ2) is 14.2. The molecule has 0 radical (unpaired) electrons. The predicted octanol–water partition coefficient (Wildman–Crippen LogP) is 6.98. The number of ether oxygens (including phenoxy) is 3. The highest BCUT2D eigenvalue weighted by atomic mass is 32.3. The van der Waals surface area contributed by atoms with Crippen LogP contribution in [0.25, 0.3) is 32.6 Å². The average molecular weight is 670 g/mol. The highest BCUT2D eigenvalue weighted by Crippen LogP contribution is 2.33. The average Bonchev–Trinajstić information content (AvgIpc) is 3.04. The van der Waals surface area contributed by atoms with Crippen LogP contribution in [-0.2, 0) is 28.9 Å². The first-order chi connectivity index (χ1) is 22.8. The van der Waals surface area contributed by atoms with Gasteiger partial charge in [0.2, 0.25) is 11.0 Å². The molecule has 0 aliphatic heterocycles. The highest BCUT2D eigenvalue weighted by Gasteiger charge is 2.26. The van der Waals surface area contributed by atoms with E-state index in [1.165, 1.54) is 0 Å². The number of rotatable bonds is 7. The molecule has 0 aliphatic carbocycles. The number of benzene rings is 5. The van der Waals surface area contributed by atoms with Gasteiger partial charge in [0, 0.05) is 6.07 Å². The number of carbonyl (C=O) groups excluding carboxylic acids is 2. The standard InChI is InChI=1S/C37H32NO5.FHO3S/c1-5-41-29-15-16-30-33(21-29)38(4)32-20-27-14-10-9-13-26(27)19-31(32)34(30)37(40)43-35-23(2)17-28(18-24(35)3)36(39)42-22-25-11-7-6-8-12-25;1-5(2,3)4/h6-21H,5,22H2,1-4H3;(H,2,3,4)/q+1;/p-1. The first-order valence-corrected chi connectivity index (χ1v) is 16.3. The summed E-state index contributed by atoms with van der Waals surface area (Å²) in [4.78, 5) is 27.0. The number of esters is 2. The van der Waals surface area contributed by atoms with Crippen LogP contribution in [0.3, 0.4) is 0 Å². The monoisotopic (exact) mass is 669 g/mol. The molecule has 1 heterocycles. The van der Waals surface area contributed by atoms with Crippen molar-refractivity contribution in [3.8, 4) is 11.5 Å². The van der Waals surface area contributed by atoms with E-state index in [0.717, 1.165) is 43.9 Å². The Morgan fingerprint density at radius 1 is 0.792 bits per heavy atom. The quantitative estimate of drug-likeness (QED) is 0.0446. The van der Waals surface area contributed by atoms with Gasteiger partial charge < -0.3 is 18.8 Å². The second-order valence-corrected chi connectivity index (χ2v) is 11.8. The zero-order valence-electron chi connectivity index (χ0n) is 26.7. The molecule has 0 saturated carbocycles. The lowest BCUT2D eigenvalue weighted by molar-refractivity contribution is -0.617. The summed E-state index contributed by atoms with van der Waals surface area (Å²) in [6.07, 6.45) is 0. The fourth-order valence-corrected chi connectivity index (χ4v) is 5.64. The number of carbonyl (C=O) groups is 2. The Labute approximate surface area is 277 Å². The SMILES string of the molecule is CCOc1ccc2c(C(=O)Oc3c(C)cc(C(=O)OCc4ccccc4)cc3C)c3cc4ccccc4cc3[n+](C)c2c1.O=S(=O)([O-])F. The molecule has 0 aliphatic rings. The molecule has 246 valence electrons. The van der Waals surface area contributed by atoms with Crippen molar-refractivity contribution >= 4 is 55.0 Å². The van der Waals surface area contributed by atoms with Crippen LogP contribution in [0.1, 0.15) is 44.3 Å². The molecule has 9 nitrogen and oxygen atoms in total. The van der Waals surface area contributed by atoms with Gasteiger partial charge in [0.05, 0.1) is 34.6 Å². The molecule has 0 amide bonds. The van der Waals surface area contributed by atoms with Gasteiger partial charge in [-0.1, -0.05) is 54.6 Å². The summed E-state index contributed by atoms with van der Waals surface area (Å²) in [6, 6.07) is 30.9. The largest absolute Gasteiger partial charge is 0.722 e. The first-order valence-electron chi connectivity index (χ1n) is 14.9. The Balaban J connectivity index is 0.000000840. The van der Waals surface area contributed by atoms with E-state index in [-0.39, 0.29) is 6.61 Å². The maximum Gasteiger partial charge on any atom is 0.345 e. The van der Waals surface area contributed by atoms with Crippen molar-refractivity contribution < 1.29 is 45.2 Å². The maximum atomic E-state index is 14.1. The zero-order chi connectivity index (χ0) is 34.6. The zero-order valence-corrected chi connectivity index (χ0v) is 27.5. The molecule has 0 bridgehead atoms. The summed E-state index contributed by atoms with van der Waals surface area (Å²) in [5.74, 6) is 0.246. The summed E-state index contributed by atoms with van der Waals surface area (Å²) in [7, 11) is -3.42. The van der Waals surface area contributed by atoms with Crippen LogP contribution in [0.2, 0.25) is 0 Å². The lowest BCUT2D eigenvalue weighted by atomic mass is 9.98. The summed E-state index contributed by atoms with van der Waals surface area (Å²) < 4.78 is 54.9. The molecular weight excluding hydrogens is 637 g/mol. The topological polar surface area (TPSA) is 123 Å². The third kappa shape index (κ3) is 7.76. The third-order valence-electron chi connectivity index (χ3n) is 7.71. The number of nitrogens with zero attached hydrogens (tertiary/aromatic N) is 1. The number of hydrogen-bond acceptors (Lipinski definition) is 8. The van der Waals surface area contributed by atoms with E-state index in [2.05, 4.69) is 16.7 Å². The summed E-state index contributed by atoms with van der Waals surface area (Å²) in [5, 5.41) is 3.65. The summed E-state index contributed by atoms with van der Waals surface area (Å²) in [6.45, 7) is 6.31. The molecule has 0 unspecified atom stereocenters. The van der Waals surface area contributed by atoms with Crippen molar-refractivity contribution in [2.24, 2.45) is 7.05 Å². The van der Waals surface area contributed by atoms with Crippen molar-refractivity contribution in [2.45, 2.75) is 27.4 Å². The lowest BCUT2D eigenvalue weighted by Gasteiger charge is -2.15. The maximum absolute atomic E-state index is 14.1. The Morgan fingerprint density at radius 3 is 2.00 bits per heavy atom. The van der Waals surface area contributed by atoms with Gasteiger partial charge in [0.25, 0.3) is 10.5 Å². The number of hydrogen-bond donors (Lipinski definition) is 0. The molecule has 6 rings (SSSR count). The van der Waals surface area contributed by atoms with E-state index < -0.39 is 22.4 Å². The minimum atomic E-state index is -5.42. The van der Waals surface area contributed by atoms with Gasteiger partial charge in [-0.05, 0) is 78.6 Å². The smallest absolute Gasteiger partial charge is 0.345 e. The van der Waals surface area contributed by atoms with Crippen molar-refractivity contribution in [1.29, 1.82) is 0 Å². The minimum absolute atomic E-state index is 0.180. The van der Waals surface area contributed by atoms with E-state index >= 15 is 0 Å². The molecule has 0 fully saturated rings. The van der Waals surface area contributed by atoms with Gasteiger partial charge in [-0.15, -0.1) is 3.89 Å². The lowest BCUT2D eigenvalue weighted by Crippen LogP contribution is -2.31. The Hall–Kier alpha value is -5.39. The number of halogens is 1. The minimum Gasteiger partial charge on any atom is -0.722 e. The molecule has 0 spiro atoms. The Kier molecular flexibility index (Phi) is 10.0. The predicted molar refractivity (Wildman–Crippen MR) is 179 cm³/mol. The fraction of sp³-hybridized carbons (Fsp3) is 0.162. The summed E-state index contributed by atoms with van der Waals surface area (Å²) >= 11 is 0. The van der Waals surface area contributed by atoms with E-state index in [9.17, 15) is 13.5 Å². The van der Waals surface area contributed by atoms with Crippen LogP contribution in [0.5, 0.6) is 11.5 Å². The molecule has 48 heavy (non-hydrogen) atoms. The highest BCUT2D eigenvalue weighted by molar-refractivity contribution is 7.80. The number of aromatic nitrogens is 1. The fourth-order valence-electron chi connectivity index (χ4n) is 5.64. The van der Waals surface area contributed by atoms with Gasteiger partial charge in [-0.3, -0.25) is 0 Å². The van der Waals surface area contributed by atoms with Crippen LogP contribution in [0.15, 0.2) is 97.1 Å². The van der Waals surface area contributed by atoms with Crippen LogP contribution in [0, 0.1) is 13.8 Å². The normalized spacial score (nSPS) is 11.2. The van der Waals surface area contributed by atoms with Crippen LogP contribution < -0.4 is 14.0 Å².